The van der Waals surface area contributed by atoms with Gasteiger partial charge in [-0.25, -0.2) is 0 Å². The number of amides is 1. The Morgan fingerprint density at radius 3 is 2.50 bits per heavy atom. The van der Waals surface area contributed by atoms with Crippen molar-refractivity contribution in [1.29, 1.82) is 0 Å². The smallest absolute Gasteiger partial charge is 0.251 e. The van der Waals surface area contributed by atoms with Crippen molar-refractivity contribution >= 4 is 16.8 Å². The van der Waals surface area contributed by atoms with Gasteiger partial charge in [-0.1, -0.05) is 48.5 Å². The number of aliphatic hydroxyl groups excluding tert-OH is 1. The van der Waals surface area contributed by atoms with Crippen molar-refractivity contribution in [3.05, 3.63) is 111 Å². The minimum Gasteiger partial charge on any atom is -0.506 e. The summed E-state index contributed by atoms with van der Waals surface area (Å²) in [7, 11) is 0. The third-order valence-electron chi connectivity index (χ3n) is 6.17. The first kappa shape index (κ1) is 25.2. The SMILES string of the molecule is CC(C)(Cc1cccc(C(=O)NCc2ccccc2)c1)NC[C@H](O)c1ccc(O)c2[nH]c(=O)ccc12. The highest BCUT2D eigenvalue weighted by atomic mass is 16.3. The Kier molecular flexibility index (Phi) is 7.52. The van der Waals surface area contributed by atoms with Crippen molar-refractivity contribution in [3.8, 4) is 5.75 Å². The van der Waals surface area contributed by atoms with E-state index in [1.54, 1.807) is 18.2 Å². The van der Waals surface area contributed by atoms with Crippen molar-refractivity contribution in [3.63, 3.8) is 0 Å². The van der Waals surface area contributed by atoms with Crippen molar-refractivity contribution in [2.75, 3.05) is 6.54 Å². The Morgan fingerprint density at radius 2 is 1.72 bits per heavy atom. The lowest BCUT2D eigenvalue weighted by Crippen LogP contribution is -2.43. The average Bonchev–Trinajstić information content (AvgIpc) is 2.87. The summed E-state index contributed by atoms with van der Waals surface area (Å²) in [5, 5.41) is 27.9. The highest BCUT2D eigenvalue weighted by molar-refractivity contribution is 5.94. The van der Waals surface area contributed by atoms with Crippen molar-refractivity contribution in [2.24, 2.45) is 0 Å². The number of aromatic amines is 1. The van der Waals surface area contributed by atoms with Crippen LogP contribution in [-0.2, 0) is 13.0 Å². The third-order valence-corrected chi connectivity index (χ3v) is 6.17. The van der Waals surface area contributed by atoms with Crippen LogP contribution in [0.3, 0.4) is 0 Å². The van der Waals surface area contributed by atoms with Gasteiger partial charge in [-0.15, -0.1) is 0 Å². The number of benzene rings is 3. The molecule has 1 atom stereocenters. The van der Waals surface area contributed by atoms with Gasteiger partial charge in [-0.2, -0.15) is 0 Å². The number of hydrogen-bond donors (Lipinski definition) is 5. The lowest BCUT2D eigenvalue weighted by Gasteiger charge is -2.28. The van der Waals surface area contributed by atoms with E-state index in [-0.39, 0.29) is 29.3 Å². The number of aromatic nitrogens is 1. The zero-order valence-corrected chi connectivity index (χ0v) is 20.4. The van der Waals surface area contributed by atoms with E-state index < -0.39 is 6.10 Å². The zero-order chi connectivity index (χ0) is 25.7. The molecule has 4 aromatic rings. The molecule has 0 saturated heterocycles. The average molecular weight is 486 g/mol. The standard InChI is InChI=1S/C29H31N3O4/c1-29(2,31-18-25(34)22-11-13-24(33)27-23(22)12-14-26(35)32-27)16-20-9-6-10-21(15-20)28(36)30-17-19-7-4-3-5-8-19/h3-15,25,31,33-34H,16-18H2,1-2H3,(H,30,36)(H,32,35)/t25-/m0/s1. The molecular formula is C29H31N3O4. The fourth-order valence-corrected chi connectivity index (χ4v) is 4.31. The van der Waals surface area contributed by atoms with Gasteiger partial charge in [0.25, 0.3) is 5.91 Å². The van der Waals surface area contributed by atoms with Gasteiger partial charge in [-0.3, -0.25) is 9.59 Å². The quantitative estimate of drug-likeness (QED) is 0.247. The molecule has 3 aromatic carbocycles. The number of rotatable bonds is 9. The molecule has 1 heterocycles. The molecule has 0 radical (unpaired) electrons. The number of aromatic hydroxyl groups is 1. The lowest BCUT2D eigenvalue weighted by atomic mass is 9.93. The number of carbonyl (C=O) groups is 1. The molecule has 0 spiro atoms. The highest BCUT2D eigenvalue weighted by Crippen LogP contribution is 2.29. The van der Waals surface area contributed by atoms with Gasteiger partial charge < -0.3 is 25.8 Å². The van der Waals surface area contributed by atoms with Gasteiger partial charge in [0.15, 0.2) is 0 Å². The largest absolute Gasteiger partial charge is 0.506 e. The van der Waals surface area contributed by atoms with Crippen LogP contribution in [0.2, 0.25) is 0 Å². The van der Waals surface area contributed by atoms with E-state index in [1.807, 2.05) is 62.4 Å². The molecule has 0 unspecified atom stereocenters. The van der Waals surface area contributed by atoms with Gasteiger partial charge in [0.2, 0.25) is 5.56 Å². The monoisotopic (exact) mass is 485 g/mol. The molecule has 7 nitrogen and oxygen atoms in total. The van der Waals surface area contributed by atoms with Crippen molar-refractivity contribution in [1.82, 2.24) is 15.6 Å². The predicted octanol–water partition coefficient (Wildman–Crippen LogP) is 3.81. The third kappa shape index (κ3) is 6.19. The molecule has 0 aliphatic carbocycles. The molecule has 1 aromatic heterocycles. The molecule has 0 bridgehead atoms. The first-order chi connectivity index (χ1) is 17.2. The van der Waals surface area contributed by atoms with E-state index in [2.05, 4.69) is 15.6 Å². The summed E-state index contributed by atoms with van der Waals surface area (Å²) in [5.41, 5.74) is 2.87. The second-order valence-corrected chi connectivity index (χ2v) is 9.61. The first-order valence-electron chi connectivity index (χ1n) is 11.9. The van der Waals surface area contributed by atoms with Gasteiger partial charge in [-0.05, 0) is 61.2 Å². The van der Waals surface area contributed by atoms with Crippen LogP contribution in [0.1, 0.15) is 47.0 Å². The van der Waals surface area contributed by atoms with Gasteiger partial charge in [0.1, 0.15) is 5.75 Å². The number of phenolic OH excluding ortho intramolecular Hbond substituents is 1. The molecule has 1 amide bonds. The van der Waals surface area contributed by atoms with Crippen LogP contribution in [-0.4, -0.2) is 33.2 Å². The molecule has 36 heavy (non-hydrogen) atoms. The number of β-amino-alcohol motifs (C(OH)–C–C–N with tert-alkyl or cyclic N) is 1. The number of H-pyrrole nitrogens is 1. The van der Waals surface area contributed by atoms with Crippen LogP contribution in [0.25, 0.3) is 10.9 Å². The summed E-state index contributed by atoms with van der Waals surface area (Å²) < 4.78 is 0. The Hall–Kier alpha value is -3.94. The fraction of sp³-hybridized carbons (Fsp3) is 0.241. The van der Waals surface area contributed by atoms with Crippen LogP contribution in [0.15, 0.2) is 83.7 Å². The Morgan fingerprint density at radius 1 is 0.972 bits per heavy atom. The molecule has 186 valence electrons. The van der Waals surface area contributed by atoms with Crippen LogP contribution in [0, 0.1) is 0 Å². The predicted molar refractivity (Wildman–Crippen MR) is 141 cm³/mol. The maximum Gasteiger partial charge on any atom is 0.251 e. The number of pyridine rings is 1. The van der Waals surface area contributed by atoms with E-state index in [0.717, 1.165) is 11.1 Å². The number of carbonyl (C=O) groups excluding carboxylic acids is 1. The van der Waals surface area contributed by atoms with Crippen LogP contribution in [0.5, 0.6) is 5.75 Å². The topological polar surface area (TPSA) is 114 Å². The number of phenols is 1. The van der Waals surface area contributed by atoms with Crippen LogP contribution in [0.4, 0.5) is 0 Å². The van der Waals surface area contributed by atoms with E-state index in [0.29, 0.717) is 35.0 Å². The molecular weight excluding hydrogens is 454 g/mol. The number of nitrogens with one attached hydrogen (secondary N) is 3. The fourth-order valence-electron chi connectivity index (χ4n) is 4.31. The first-order valence-corrected chi connectivity index (χ1v) is 11.9. The summed E-state index contributed by atoms with van der Waals surface area (Å²) in [5.74, 6) is -0.168. The molecule has 5 N–H and O–H groups in total. The van der Waals surface area contributed by atoms with Gasteiger partial charge >= 0.3 is 0 Å². The van der Waals surface area contributed by atoms with Crippen LogP contribution >= 0.6 is 0 Å². The maximum absolute atomic E-state index is 12.7. The molecule has 0 fully saturated rings. The Bertz CT molecular complexity index is 1410. The lowest BCUT2D eigenvalue weighted by molar-refractivity contribution is 0.0950. The number of aliphatic hydroxyl groups is 1. The molecule has 7 heteroatoms. The summed E-state index contributed by atoms with van der Waals surface area (Å²) in [6.07, 6.45) is -0.211. The normalized spacial score (nSPS) is 12.4. The minimum atomic E-state index is -0.853. The zero-order valence-electron chi connectivity index (χ0n) is 20.4. The Labute approximate surface area is 209 Å². The molecule has 4 rings (SSSR count). The summed E-state index contributed by atoms with van der Waals surface area (Å²) >= 11 is 0. The van der Waals surface area contributed by atoms with E-state index in [1.165, 1.54) is 12.1 Å². The highest BCUT2D eigenvalue weighted by Gasteiger charge is 2.22. The van der Waals surface area contributed by atoms with Crippen molar-refractivity contribution < 1.29 is 15.0 Å². The molecule has 0 aliphatic heterocycles. The second-order valence-electron chi connectivity index (χ2n) is 9.61. The van der Waals surface area contributed by atoms with E-state index in [4.69, 9.17) is 0 Å². The van der Waals surface area contributed by atoms with E-state index in [9.17, 15) is 19.8 Å². The molecule has 0 saturated carbocycles. The van der Waals surface area contributed by atoms with Crippen molar-refractivity contribution in [2.45, 2.75) is 38.5 Å². The molecule has 0 aliphatic rings. The second kappa shape index (κ2) is 10.8. The number of fused-ring (bicyclic) bond motifs is 1. The van der Waals surface area contributed by atoms with E-state index >= 15 is 0 Å². The summed E-state index contributed by atoms with van der Waals surface area (Å²) in [6, 6.07) is 23.4. The Balaban J connectivity index is 1.39. The van der Waals surface area contributed by atoms with Gasteiger partial charge in [0.05, 0.1) is 11.6 Å². The minimum absolute atomic E-state index is 0.0420. The maximum atomic E-state index is 12.7. The number of hydrogen-bond acceptors (Lipinski definition) is 5. The van der Waals surface area contributed by atoms with Crippen LogP contribution < -0.4 is 16.2 Å². The summed E-state index contributed by atoms with van der Waals surface area (Å²) in [6.45, 7) is 4.81. The summed E-state index contributed by atoms with van der Waals surface area (Å²) in [4.78, 5) is 26.9. The van der Waals surface area contributed by atoms with Gasteiger partial charge in [0, 0.05) is 35.6 Å².